The summed E-state index contributed by atoms with van der Waals surface area (Å²) in [6.45, 7) is 3.84. The third-order valence-corrected chi connectivity index (χ3v) is 4.18. The van der Waals surface area contributed by atoms with Crippen LogP contribution in [-0.4, -0.2) is 9.97 Å². The van der Waals surface area contributed by atoms with Crippen molar-refractivity contribution >= 4 is 23.2 Å². The fraction of sp³-hybridized carbons (Fsp3) is 0.333. The van der Waals surface area contributed by atoms with Crippen molar-refractivity contribution in [3.05, 3.63) is 45.2 Å². The predicted octanol–water partition coefficient (Wildman–Crippen LogP) is 4.01. The lowest BCUT2D eigenvalue weighted by Crippen LogP contribution is -2.03. The van der Waals surface area contributed by atoms with E-state index in [1.807, 2.05) is 12.1 Å². The van der Waals surface area contributed by atoms with Gasteiger partial charge in [-0.15, -0.1) is 0 Å². The molecule has 3 nitrogen and oxygen atoms in total. The zero-order chi connectivity index (χ0) is 14.1. The normalized spacial score (nSPS) is 13.6. The lowest BCUT2D eigenvalue weighted by molar-refractivity contribution is 0.753. The number of nitrogens with one attached hydrogen (secondary N) is 1. The number of fused-ring (bicyclic) bond motifs is 1. The van der Waals surface area contributed by atoms with Crippen molar-refractivity contribution in [2.24, 2.45) is 0 Å². The number of aromatic nitrogens is 2. The van der Waals surface area contributed by atoms with Crippen molar-refractivity contribution < 1.29 is 0 Å². The summed E-state index contributed by atoms with van der Waals surface area (Å²) in [5, 5.41) is 4.42. The summed E-state index contributed by atoms with van der Waals surface area (Å²) in [6.07, 6.45) is 2.05. The van der Waals surface area contributed by atoms with E-state index in [-0.39, 0.29) is 0 Å². The van der Waals surface area contributed by atoms with Gasteiger partial charge < -0.3 is 5.32 Å². The van der Waals surface area contributed by atoms with Crippen LogP contribution in [0.1, 0.15) is 30.3 Å². The van der Waals surface area contributed by atoms with E-state index in [1.54, 1.807) is 6.07 Å². The molecule has 2 aromatic rings. The highest BCUT2D eigenvalue weighted by Gasteiger charge is 2.19. The van der Waals surface area contributed by atoms with Gasteiger partial charge in [0.05, 0.1) is 15.7 Å². The SMILES string of the molecule is CCCc1nc(-c2ccc(Cl)c(Cl)c2)nc2c1CNC2. The summed E-state index contributed by atoms with van der Waals surface area (Å²) in [6, 6.07) is 5.52. The van der Waals surface area contributed by atoms with Crippen molar-refractivity contribution in [1.29, 1.82) is 0 Å². The van der Waals surface area contributed by atoms with Crippen molar-refractivity contribution in [3.8, 4) is 11.4 Å². The van der Waals surface area contributed by atoms with Crippen molar-refractivity contribution in [1.82, 2.24) is 15.3 Å². The molecule has 1 aliphatic heterocycles. The highest BCUT2D eigenvalue weighted by Crippen LogP contribution is 2.28. The molecule has 0 spiro atoms. The molecule has 0 bridgehead atoms. The molecule has 0 radical (unpaired) electrons. The maximum absolute atomic E-state index is 6.08. The van der Waals surface area contributed by atoms with Gasteiger partial charge in [-0.2, -0.15) is 0 Å². The van der Waals surface area contributed by atoms with Gasteiger partial charge in [-0.25, -0.2) is 9.97 Å². The van der Waals surface area contributed by atoms with Gasteiger partial charge in [0, 0.05) is 29.9 Å². The number of benzene rings is 1. The van der Waals surface area contributed by atoms with Gasteiger partial charge >= 0.3 is 0 Å². The maximum atomic E-state index is 6.08. The first-order chi connectivity index (χ1) is 9.69. The lowest BCUT2D eigenvalue weighted by Gasteiger charge is -2.09. The van der Waals surface area contributed by atoms with Crippen LogP contribution in [-0.2, 0) is 19.5 Å². The average molecular weight is 308 g/mol. The molecule has 0 aliphatic carbocycles. The van der Waals surface area contributed by atoms with Crippen LogP contribution in [0.15, 0.2) is 18.2 Å². The number of hydrogen-bond acceptors (Lipinski definition) is 3. The first-order valence-electron chi connectivity index (χ1n) is 6.74. The van der Waals surface area contributed by atoms with E-state index >= 15 is 0 Å². The second-order valence-electron chi connectivity index (χ2n) is 4.90. The molecule has 3 rings (SSSR count). The molecule has 0 fully saturated rings. The summed E-state index contributed by atoms with van der Waals surface area (Å²) >= 11 is 12.0. The van der Waals surface area contributed by atoms with E-state index in [0.29, 0.717) is 10.0 Å². The van der Waals surface area contributed by atoms with Gasteiger partial charge in [-0.3, -0.25) is 0 Å². The molecule has 0 unspecified atom stereocenters. The first-order valence-corrected chi connectivity index (χ1v) is 7.49. The predicted molar refractivity (Wildman–Crippen MR) is 82.0 cm³/mol. The number of nitrogens with zero attached hydrogens (tertiary/aromatic N) is 2. The van der Waals surface area contributed by atoms with E-state index in [0.717, 1.165) is 48.7 Å². The molecule has 104 valence electrons. The van der Waals surface area contributed by atoms with E-state index in [4.69, 9.17) is 28.2 Å². The maximum Gasteiger partial charge on any atom is 0.159 e. The molecule has 1 aromatic heterocycles. The quantitative estimate of drug-likeness (QED) is 0.931. The van der Waals surface area contributed by atoms with Gasteiger partial charge in [0.2, 0.25) is 0 Å². The number of aryl methyl sites for hydroxylation is 1. The highest BCUT2D eigenvalue weighted by molar-refractivity contribution is 6.42. The Morgan fingerprint density at radius 1 is 1.15 bits per heavy atom. The van der Waals surface area contributed by atoms with Crippen LogP contribution in [0.4, 0.5) is 0 Å². The Balaban J connectivity index is 2.09. The first kappa shape index (κ1) is 13.8. The standard InChI is InChI=1S/C15H15Cl2N3/c1-2-3-13-10-7-18-8-14(10)20-15(19-13)9-4-5-11(16)12(17)6-9/h4-6,18H,2-3,7-8H2,1H3. The second kappa shape index (κ2) is 5.68. The van der Waals surface area contributed by atoms with Gasteiger partial charge in [-0.05, 0) is 24.6 Å². The number of rotatable bonds is 3. The Hall–Kier alpha value is -1.16. The fourth-order valence-electron chi connectivity index (χ4n) is 2.45. The number of halogens is 2. The molecular formula is C15H15Cl2N3. The topological polar surface area (TPSA) is 37.8 Å². The fourth-order valence-corrected chi connectivity index (χ4v) is 2.74. The molecule has 1 N–H and O–H groups in total. The molecule has 20 heavy (non-hydrogen) atoms. The van der Waals surface area contributed by atoms with Crippen molar-refractivity contribution in [3.63, 3.8) is 0 Å². The van der Waals surface area contributed by atoms with Crippen LogP contribution in [0.5, 0.6) is 0 Å². The summed E-state index contributed by atoms with van der Waals surface area (Å²) in [5.41, 5.74) is 4.41. The highest BCUT2D eigenvalue weighted by atomic mass is 35.5. The van der Waals surface area contributed by atoms with E-state index in [9.17, 15) is 0 Å². The van der Waals surface area contributed by atoms with E-state index in [2.05, 4.69) is 17.2 Å². The minimum atomic E-state index is 0.531. The van der Waals surface area contributed by atoms with Crippen LogP contribution in [0.25, 0.3) is 11.4 Å². The van der Waals surface area contributed by atoms with Gasteiger partial charge in [-0.1, -0.05) is 36.5 Å². The lowest BCUT2D eigenvalue weighted by atomic mass is 10.1. The Morgan fingerprint density at radius 2 is 2.00 bits per heavy atom. The Morgan fingerprint density at radius 3 is 2.75 bits per heavy atom. The minimum absolute atomic E-state index is 0.531. The Labute approximate surface area is 128 Å². The molecule has 0 atom stereocenters. The smallest absolute Gasteiger partial charge is 0.159 e. The van der Waals surface area contributed by atoms with Crippen LogP contribution in [0, 0.1) is 0 Å². The Bertz CT molecular complexity index is 656. The largest absolute Gasteiger partial charge is 0.307 e. The molecule has 1 aromatic carbocycles. The summed E-state index contributed by atoms with van der Waals surface area (Å²) in [7, 11) is 0. The molecular weight excluding hydrogens is 293 g/mol. The van der Waals surface area contributed by atoms with Crippen LogP contribution < -0.4 is 5.32 Å². The number of hydrogen-bond donors (Lipinski definition) is 1. The monoisotopic (exact) mass is 307 g/mol. The molecule has 0 saturated heterocycles. The third-order valence-electron chi connectivity index (χ3n) is 3.44. The van der Waals surface area contributed by atoms with E-state index in [1.165, 1.54) is 5.56 Å². The second-order valence-corrected chi connectivity index (χ2v) is 5.72. The minimum Gasteiger partial charge on any atom is -0.307 e. The van der Waals surface area contributed by atoms with Gasteiger partial charge in [0.25, 0.3) is 0 Å². The van der Waals surface area contributed by atoms with Crippen molar-refractivity contribution in [2.75, 3.05) is 0 Å². The molecule has 5 heteroatoms. The van der Waals surface area contributed by atoms with Crippen LogP contribution in [0.2, 0.25) is 10.0 Å². The average Bonchev–Trinajstić information content (AvgIpc) is 2.90. The summed E-state index contributed by atoms with van der Waals surface area (Å²) in [4.78, 5) is 9.38. The van der Waals surface area contributed by atoms with Gasteiger partial charge in [0.1, 0.15) is 0 Å². The van der Waals surface area contributed by atoms with E-state index < -0.39 is 0 Å². The molecule has 2 heterocycles. The van der Waals surface area contributed by atoms with Crippen LogP contribution >= 0.6 is 23.2 Å². The van der Waals surface area contributed by atoms with Gasteiger partial charge in [0.15, 0.2) is 5.82 Å². The molecule has 0 saturated carbocycles. The molecule has 0 amide bonds. The summed E-state index contributed by atoms with van der Waals surface area (Å²) < 4.78 is 0. The molecule has 1 aliphatic rings. The zero-order valence-electron chi connectivity index (χ0n) is 11.2. The Kier molecular flexibility index (Phi) is 3.92. The zero-order valence-corrected chi connectivity index (χ0v) is 12.7. The van der Waals surface area contributed by atoms with Crippen molar-refractivity contribution in [2.45, 2.75) is 32.9 Å². The third kappa shape index (κ3) is 2.53. The van der Waals surface area contributed by atoms with Crippen LogP contribution in [0.3, 0.4) is 0 Å². The summed E-state index contributed by atoms with van der Waals surface area (Å²) in [5.74, 6) is 0.731.